The summed E-state index contributed by atoms with van der Waals surface area (Å²) in [4.78, 5) is 0. The second kappa shape index (κ2) is 6.53. The number of nitrogens with one attached hydrogen (secondary N) is 1. The highest BCUT2D eigenvalue weighted by Gasteiger charge is 2.32. The van der Waals surface area contributed by atoms with E-state index < -0.39 is 0 Å². The van der Waals surface area contributed by atoms with Crippen LogP contribution in [0.25, 0.3) is 0 Å². The molecule has 4 heteroatoms. The third kappa shape index (κ3) is 4.32. The van der Waals surface area contributed by atoms with Crippen molar-refractivity contribution in [3.8, 4) is 0 Å². The number of nitrogens with zero attached hydrogens (tertiary/aromatic N) is 2. The summed E-state index contributed by atoms with van der Waals surface area (Å²) < 4.78 is 7.43. The van der Waals surface area contributed by atoms with Gasteiger partial charge in [-0.05, 0) is 36.7 Å². The predicted molar refractivity (Wildman–Crippen MR) is 77.2 cm³/mol. The Kier molecular flexibility index (Phi) is 4.99. The molecule has 0 atom stereocenters. The molecule has 1 fully saturated rings. The van der Waals surface area contributed by atoms with E-state index in [1.54, 1.807) is 0 Å². The number of hydrogen-bond donors (Lipinski definition) is 1. The van der Waals surface area contributed by atoms with Crippen LogP contribution in [0.15, 0.2) is 12.4 Å². The third-order valence-electron chi connectivity index (χ3n) is 4.14. The fraction of sp³-hybridized carbons (Fsp3) is 0.800. The van der Waals surface area contributed by atoms with Gasteiger partial charge >= 0.3 is 0 Å². The van der Waals surface area contributed by atoms with Crippen molar-refractivity contribution in [3.63, 3.8) is 0 Å². The van der Waals surface area contributed by atoms with Crippen LogP contribution in [-0.2, 0) is 18.2 Å². The molecular weight excluding hydrogens is 238 g/mol. The highest BCUT2D eigenvalue weighted by atomic mass is 16.5. The molecule has 1 saturated heterocycles. The Morgan fingerprint density at radius 1 is 1.42 bits per heavy atom. The van der Waals surface area contributed by atoms with E-state index in [2.05, 4.69) is 30.5 Å². The van der Waals surface area contributed by atoms with Gasteiger partial charge in [0.05, 0.1) is 6.20 Å². The van der Waals surface area contributed by atoms with Gasteiger partial charge in [0.15, 0.2) is 0 Å². The van der Waals surface area contributed by atoms with Crippen LogP contribution in [0.4, 0.5) is 0 Å². The van der Waals surface area contributed by atoms with Crippen LogP contribution in [0.1, 0.15) is 38.7 Å². The normalized spacial score (nSPS) is 18.9. The summed E-state index contributed by atoms with van der Waals surface area (Å²) in [6.45, 7) is 7.36. The van der Waals surface area contributed by atoms with E-state index in [1.165, 1.54) is 24.8 Å². The number of aryl methyl sites for hydroxylation is 2. The van der Waals surface area contributed by atoms with Crippen molar-refractivity contribution in [2.45, 2.75) is 45.6 Å². The van der Waals surface area contributed by atoms with Crippen molar-refractivity contribution in [1.29, 1.82) is 0 Å². The first-order chi connectivity index (χ1) is 9.10. The standard InChI is InChI=1S/C15H27N3O/c1-13(2)16-12-15(6-8-19-9-7-15)5-4-14-10-17-18(3)11-14/h10-11,13,16H,4-9,12H2,1-3H3. The Balaban J connectivity index is 1.92. The Bertz CT molecular complexity index is 380. The molecule has 0 unspecified atom stereocenters. The van der Waals surface area contributed by atoms with Crippen molar-refractivity contribution in [2.24, 2.45) is 12.5 Å². The van der Waals surface area contributed by atoms with Gasteiger partial charge in [-0.2, -0.15) is 5.10 Å². The minimum absolute atomic E-state index is 0.401. The van der Waals surface area contributed by atoms with Crippen LogP contribution < -0.4 is 5.32 Å². The molecule has 0 aromatic carbocycles. The van der Waals surface area contributed by atoms with Gasteiger partial charge < -0.3 is 10.1 Å². The first-order valence-electron chi connectivity index (χ1n) is 7.38. The van der Waals surface area contributed by atoms with E-state index in [4.69, 9.17) is 4.74 Å². The maximum Gasteiger partial charge on any atom is 0.0521 e. The maximum absolute atomic E-state index is 5.54. The van der Waals surface area contributed by atoms with Gasteiger partial charge in [0.2, 0.25) is 0 Å². The van der Waals surface area contributed by atoms with Crippen LogP contribution in [0.2, 0.25) is 0 Å². The van der Waals surface area contributed by atoms with Gasteiger partial charge in [-0.15, -0.1) is 0 Å². The molecule has 108 valence electrons. The lowest BCUT2D eigenvalue weighted by atomic mass is 9.75. The quantitative estimate of drug-likeness (QED) is 0.856. The minimum Gasteiger partial charge on any atom is -0.381 e. The smallest absolute Gasteiger partial charge is 0.0521 e. The van der Waals surface area contributed by atoms with Crippen molar-refractivity contribution in [2.75, 3.05) is 19.8 Å². The van der Waals surface area contributed by atoms with Crippen molar-refractivity contribution in [1.82, 2.24) is 15.1 Å². The molecule has 2 heterocycles. The summed E-state index contributed by atoms with van der Waals surface area (Å²) >= 11 is 0. The average molecular weight is 265 g/mol. The number of hydrogen-bond acceptors (Lipinski definition) is 3. The predicted octanol–water partition coefficient (Wildman–Crippen LogP) is 2.15. The number of ether oxygens (including phenoxy) is 1. The highest BCUT2D eigenvalue weighted by molar-refractivity contribution is 5.05. The topological polar surface area (TPSA) is 39.1 Å². The summed E-state index contributed by atoms with van der Waals surface area (Å²) in [6, 6.07) is 0.554. The first kappa shape index (κ1) is 14.5. The van der Waals surface area contributed by atoms with E-state index in [1.807, 2.05) is 17.9 Å². The minimum atomic E-state index is 0.401. The molecule has 1 aromatic heterocycles. The molecule has 4 nitrogen and oxygen atoms in total. The Hall–Kier alpha value is -0.870. The maximum atomic E-state index is 5.54. The molecule has 0 radical (unpaired) electrons. The number of aromatic nitrogens is 2. The van der Waals surface area contributed by atoms with Crippen molar-refractivity contribution >= 4 is 0 Å². The molecule has 19 heavy (non-hydrogen) atoms. The Labute approximate surface area is 116 Å². The molecular formula is C15H27N3O. The highest BCUT2D eigenvalue weighted by Crippen LogP contribution is 2.34. The van der Waals surface area contributed by atoms with Gasteiger partial charge in [0.25, 0.3) is 0 Å². The molecule has 0 spiro atoms. The van der Waals surface area contributed by atoms with Gasteiger partial charge in [-0.25, -0.2) is 0 Å². The molecule has 1 N–H and O–H groups in total. The summed E-state index contributed by atoms with van der Waals surface area (Å²) in [5, 5.41) is 7.87. The van der Waals surface area contributed by atoms with Crippen LogP contribution in [0.3, 0.4) is 0 Å². The van der Waals surface area contributed by atoms with Gasteiger partial charge in [0.1, 0.15) is 0 Å². The summed E-state index contributed by atoms with van der Waals surface area (Å²) in [5.74, 6) is 0. The summed E-state index contributed by atoms with van der Waals surface area (Å²) in [5.41, 5.74) is 1.75. The van der Waals surface area contributed by atoms with Crippen LogP contribution in [-0.4, -0.2) is 35.6 Å². The lowest BCUT2D eigenvalue weighted by molar-refractivity contribution is 0.00970. The van der Waals surface area contributed by atoms with E-state index in [9.17, 15) is 0 Å². The third-order valence-corrected chi connectivity index (χ3v) is 4.14. The molecule has 1 aliphatic heterocycles. The van der Waals surface area contributed by atoms with E-state index >= 15 is 0 Å². The lowest BCUT2D eigenvalue weighted by Crippen LogP contribution is -2.41. The number of rotatable bonds is 6. The Morgan fingerprint density at radius 3 is 2.74 bits per heavy atom. The van der Waals surface area contributed by atoms with Gasteiger partial charge in [-0.3, -0.25) is 4.68 Å². The molecule has 0 amide bonds. The van der Waals surface area contributed by atoms with E-state index in [0.29, 0.717) is 11.5 Å². The second-order valence-electron chi connectivity index (χ2n) is 6.17. The largest absolute Gasteiger partial charge is 0.381 e. The first-order valence-corrected chi connectivity index (χ1v) is 7.38. The zero-order valence-corrected chi connectivity index (χ0v) is 12.5. The zero-order chi connectivity index (χ0) is 13.7. The fourth-order valence-electron chi connectivity index (χ4n) is 2.75. The Morgan fingerprint density at radius 2 is 2.16 bits per heavy atom. The molecule has 0 saturated carbocycles. The van der Waals surface area contributed by atoms with Crippen molar-refractivity contribution in [3.05, 3.63) is 18.0 Å². The molecule has 1 aromatic rings. The molecule has 2 rings (SSSR count). The van der Waals surface area contributed by atoms with Crippen LogP contribution >= 0.6 is 0 Å². The van der Waals surface area contributed by atoms with Gasteiger partial charge in [0, 0.05) is 39.0 Å². The molecule has 0 bridgehead atoms. The van der Waals surface area contributed by atoms with Gasteiger partial charge in [-0.1, -0.05) is 13.8 Å². The second-order valence-corrected chi connectivity index (χ2v) is 6.17. The zero-order valence-electron chi connectivity index (χ0n) is 12.5. The van der Waals surface area contributed by atoms with E-state index in [0.717, 1.165) is 26.2 Å². The summed E-state index contributed by atoms with van der Waals surface area (Å²) in [6.07, 6.45) is 8.81. The molecule has 1 aliphatic rings. The molecule has 0 aliphatic carbocycles. The summed E-state index contributed by atoms with van der Waals surface area (Å²) in [7, 11) is 1.98. The SMILES string of the molecule is CC(C)NCC1(CCc2cnn(C)c2)CCOCC1. The van der Waals surface area contributed by atoms with E-state index in [-0.39, 0.29) is 0 Å². The lowest BCUT2D eigenvalue weighted by Gasteiger charge is -2.38. The monoisotopic (exact) mass is 265 g/mol. The fourth-order valence-corrected chi connectivity index (χ4v) is 2.75. The average Bonchev–Trinajstić information content (AvgIpc) is 2.81. The van der Waals surface area contributed by atoms with Crippen LogP contribution in [0.5, 0.6) is 0 Å². The van der Waals surface area contributed by atoms with Crippen molar-refractivity contribution < 1.29 is 4.74 Å². The van der Waals surface area contributed by atoms with Crippen LogP contribution in [0, 0.1) is 5.41 Å².